The molecule has 0 saturated carbocycles. The maximum absolute atomic E-state index is 11.2. The molecular weight excluding hydrogens is 216 g/mol. The molecule has 1 amide bonds. The minimum absolute atomic E-state index is 0.334. The summed E-state index contributed by atoms with van der Waals surface area (Å²) >= 11 is 0. The van der Waals surface area contributed by atoms with E-state index in [0.29, 0.717) is 19.6 Å². The number of amides is 1. The van der Waals surface area contributed by atoms with Gasteiger partial charge in [0.15, 0.2) is 0 Å². The van der Waals surface area contributed by atoms with Crippen LogP contribution in [0.1, 0.15) is 20.3 Å². The van der Waals surface area contributed by atoms with Crippen molar-refractivity contribution in [2.45, 2.75) is 25.8 Å². The smallest absolute Gasteiger partial charge is 0.237 e. The van der Waals surface area contributed by atoms with Gasteiger partial charge in [-0.2, -0.15) is 0 Å². The molecule has 0 aromatic heterocycles. The number of carbonyl (C=O) groups excluding carboxylic acids is 1. The Kier molecular flexibility index (Phi) is 4.97. The Labute approximate surface area is 102 Å². The number of rotatable bonds is 7. The molecule has 4 nitrogen and oxygen atoms in total. The zero-order chi connectivity index (χ0) is 12.7. The van der Waals surface area contributed by atoms with Crippen molar-refractivity contribution in [3.8, 4) is 5.75 Å². The lowest BCUT2D eigenvalue weighted by molar-refractivity contribution is -0.123. The number of primary amides is 1. The summed E-state index contributed by atoms with van der Waals surface area (Å²) < 4.78 is 5.51. The first kappa shape index (κ1) is 13.5. The molecular formula is C13H20N2O2. The Hall–Kier alpha value is -1.55. The summed E-state index contributed by atoms with van der Waals surface area (Å²) in [7, 11) is 0. The topological polar surface area (TPSA) is 64.3 Å². The molecule has 0 heterocycles. The van der Waals surface area contributed by atoms with Crippen LogP contribution in [-0.4, -0.2) is 24.6 Å². The highest BCUT2D eigenvalue weighted by molar-refractivity contribution is 5.84. The number of nitrogens with one attached hydrogen (secondary N) is 1. The second-order valence-corrected chi connectivity index (χ2v) is 4.14. The normalized spacial score (nSPS) is 14.0. The molecule has 3 N–H and O–H groups in total. The van der Waals surface area contributed by atoms with Crippen molar-refractivity contribution in [1.82, 2.24) is 5.32 Å². The summed E-state index contributed by atoms with van der Waals surface area (Å²) in [6.45, 7) is 4.82. The average Bonchev–Trinajstić information content (AvgIpc) is 2.35. The summed E-state index contributed by atoms with van der Waals surface area (Å²) in [5.74, 6) is 0.492. The maximum atomic E-state index is 11.2. The van der Waals surface area contributed by atoms with Gasteiger partial charge in [-0.1, -0.05) is 25.1 Å². The van der Waals surface area contributed by atoms with Crippen LogP contribution in [0.5, 0.6) is 5.75 Å². The van der Waals surface area contributed by atoms with Crippen LogP contribution >= 0.6 is 0 Å². The molecule has 1 aromatic rings. The summed E-state index contributed by atoms with van der Waals surface area (Å²) in [6.07, 6.45) is 0.660. The van der Waals surface area contributed by atoms with Crippen LogP contribution < -0.4 is 15.8 Å². The van der Waals surface area contributed by atoms with Gasteiger partial charge in [-0.25, -0.2) is 0 Å². The molecule has 0 aliphatic heterocycles. The molecule has 0 aliphatic rings. The van der Waals surface area contributed by atoms with Gasteiger partial charge >= 0.3 is 0 Å². The summed E-state index contributed by atoms with van der Waals surface area (Å²) in [4.78, 5) is 11.2. The van der Waals surface area contributed by atoms with Crippen molar-refractivity contribution in [2.24, 2.45) is 5.73 Å². The molecule has 1 aromatic carbocycles. The van der Waals surface area contributed by atoms with Crippen LogP contribution in [0.15, 0.2) is 30.3 Å². The third-order valence-corrected chi connectivity index (χ3v) is 2.88. The second kappa shape index (κ2) is 6.25. The van der Waals surface area contributed by atoms with Gasteiger partial charge in [-0.3, -0.25) is 4.79 Å². The van der Waals surface area contributed by atoms with E-state index in [4.69, 9.17) is 10.5 Å². The van der Waals surface area contributed by atoms with Crippen LogP contribution in [-0.2, 0) is 4.79 Å². The Morgan fingerprint density at radius 3 is 2.59 bits per heavy atom. The molecule has 0 bridgehead atoms. The molecule has 0 radical (unpaired) electrons. The van der Waals surface area contributed by atoms with Crippen LogP contribution in [0.2, 0.25) is 0 Å². The van der Waals surface area contributed by atoms with Gasteiger partial charge in [-0.05, 0) is 25.5 Å². The van der Waals surface area contributed by atoms with E-state index >= 15 is 0 Å². The fraction of sp³-hybridized carbons (Fsp3) is 0.462. The second-order valence-electron chi connectivity index (χ2n) is 4.14. The van der Waals surface area contributed by atoms with E-state index in [1.807, 2.05) is 37.3 Å². The van der Waals surface area contributed by atoms with E-state index in [1.54, 1.807) is 6.92 Å². The minimum Gasteiger partial charge on any atom is -0.492 e. The lowest BCUT2D eigenvalue weighted by Gasteiger charge is -2.25. The number of hydrogen-bond acceptors (Lipinski definition) is 3. The van der Waals surface area contributed by atoms with Gasteiger partial charge in [0, 0.05) is 6.54 Å². The van der Waals surface area contributed by atoms with Crippen LogP contribution in [0.25, 0.3) is 0 Å². The fourth-order valence-electron chi connectivity index (χ4n) is 1.40. The van der Waals surface area contributed by atoms with Crippen LogP contribution in [0.3, 0.4) is 0 Å². The van der Waals surface area contributed by atoms with Gasteiger partial charge in [0.2, 0.25) is 5.91 Å². The Morgan fingerprint density at radius 1 is 1.41 bits per heavy atom. The molecule has 0 saturated heterocycles. The van der Waals surface area contributed by atoms with Gasteiger partial charge in [0.1, 0.15) is 12.4 Å². The van der Waals surface area contributed by atoms with Crippen molar-refractivity contribution in [3.63, 3.8) is 0 Å². The quantitative estimate of drug-likeness (QED) is 0.702. The average molecular weight is 236 g/mol. The molecule has 0 spiro atoms. The summed E-state index contributed by atoms with van der Waals surface area (Å²) in [5.41, 5.74) is 4.68. The molecule has 94 valence electrons. The first-order chi connectivity index (χ1) is 8.08. The largest absolute Gasteiger partial charge is 0.492 e. The minimum atomic E-state index is -0.653. The van der Waals surface area contributed by atoms with Crippen molar-refractivity contribution in [1.29, 1.82) is 0 Å². The van der Waals surface area contributed by atoms with E-state index < -0.39 is 5.54 Å². The molecule has 1 atom stereocenters. The van der Waals surface area contributed by atoms with Gasteiger partial charge in [-0.15, -0.1) is 0 Å². The Bertz CT molecular complexity index is 354. The van der Waals surface area contributed by atoms with E-state index in [9.17, 15) is 4.79 Å². The Morgan fingerprint density at radius 2 is 2.06 bits per heavy atom. The highest BCUT2D eigenvalue weighted by atomic mass is 16.5. The zero-order valence-electron chi connectivity index (χ0n) is 10.4. The van der Waals surface area contributed by atoms with E-state index in [2.05, 4.69) is 5.32 Å². The summed E-state index contributed by atoms with van der Waals surface area (Å²) in [5, 5.41) is 3.12. The zero-order valence-corrected chi connectivity index (χ0v) is 10.4. The Balaban J connectivity index is 2.31. The standard InChI is InChI=1S/C13H20N2O2/c1-3-13(2,12(14)16)15-9-10-17-11-7-5-4-6-8-11/h4-8,15H,3,9-10H2,1-2H3,(H2,14,16). The van der Waals surface area contributed by atoms with E-state index in [0.717, 1.165) is 5.75 Å². The number of para-hydroxylation sites is 1. The highest BCUT2D eigenvalue weighted by Gasteiger charge is 2.27. The molecule has 4 heteroatoms. The van der Waals surface area contributed by atoms with Crippen LogP contribution in [0, 0.1) is 0 Å². The SMILES string of the molecule is CCC(C)(NCCOc1ccccc1)C(N)=O. The van der Waals surface area contributed by atoms with Crippen molar-refractivity contribution < 1.29 is 9.53 Å². The van der Waals surface area contributed by atoms with Gasteiger partial charge in [0.25, 0.3) is 0 Å². The van der Waals surface area contributed by atoms with Crippen molar-refractivity contribution >= 4 is 5.91 Å². The van der Waals surface area contributed by atoms with Gasteiger partial charge in [0.05, 0.1) is 5.54 Å². The molecule has 1 unspecified atom stereocenters. The fourth-order valence-corrected chi connectivity index (χ4v) is 1.40. The molecule has 1 rings (SSSR count). The maximum Gasteiger partial charge on any atom is 0.237 e. The number of nitrogens with two attached hydrogens (primary N) is 1. The first-order valence-corrected chi connectivity index (χ1v) is 5.81. The van der Waals surface area contributed by atoms with E-state index in [1.165, 1.54) is 0 Å². The predicted octanol–water partition coefficient (Wildman–Crippen LogP) is 1.31. The number of hydrogen-bond donors (Lipinski definition) is 2. The molecule has 0 fully saturated rings. The van der Waals surface area contributed by atoms with Crippen molar-refractivity contribution in [3.05, 3.63) is 30.3 Å². The lowest BCUT2D eigenvalue weighted by atomic mass is 9.98. The third-order valence-electron chi connectivity index (χ3n) is 2.88. The first-order valence-electron chi connectivity index (χ1n) is 5.81. The predicted molar refractivity (Wildman–Crippen MR) is 67.8 cm³/mol. The third kappa shape index (κ3) is 4.07. The highest BCUT2D eigenvalue weighted by Crippen LogP contribution is 2.09. The van der Waals surface area contributed by atoms with Gasteiger partial charge < -0.3 is 15.8 Å². The van der Waals surface area contributed by atoms with E-state index in [-0.39, 0.29) is 5.91 Å². The van der Waals surface area contributed by atoms with Crippen molar-refractivity contribution in [2.75, 3.05) is 13.2 Å². The molecule has 0 aliphatic carbocycles. The summed E-state index contributed by atoms with van der Waals surface area (Å²) in [6, 6.07) is 9.57. The van der Waals surface area contributed by atoms with Crippen LogP contribution in [0.4, 0.5) is 0 Å². The number of benzene rings is 1. The molecule has 17 heavy (non-hydrogen) atoms. The lowest BCUT2D eigenvalue weighted by Crippen LogP contribution is -2.53. The number of carbonyl (C=O) groups is 1. The monoisotopic (exact) mass is 236 g/mol. The number of ether oxygens (including phenoxy) is 1.